The standard InChI is InChI=1S/C23H28N4O4/c1-3-6-16(4-2)15-27-13-11-17(12-14-27)31-21-8-5-7-18(24-21)22(29)25-19-9-10-20(28)26-23(19)30/h3-8,17,19H,1-2,9-15H2,(H,25,29)(H,26,28,30)/b16-6+. The molecule has 1 unspecified atom stereocenters. The summed E-state index contributed by atoms with van der Waals surface area (Å²) in [4.78, 5) is 42.2. The Balaban J connectivity index is 1.52. The highest BCUT2D eigenvalue weighted by molar-refractivity contribution is 6.03. The highest BCUT2D eigenvalue weighted by atomic mass is 16.5. The average molecular weight is 425 g/mol. The quantitative estimate of drug-likeness (QED) is 0.487. The third-order valence-corrected chi connectivity index (χ3v) is 5.32. The van der Waals surface area contributed by atoms with Crippen molar-refractivity contribution in [1.29, 1.82) is 0 Å². The molecule has 2 aliphatic heterocycles. The molecule has 8 nitrogen and oxygen atoms in total. The van der Waals surface area contributed by atoms with E-state index in [1.54, 1.807) is 24.3 Å². The molecule has 2 aliphatic rings. The summed E-state index contributed by atoms with van der Waals surface area (Å²) in [5.74, 6) is -0.910. The number of aromatic nitrogens is 1. The van der Waals surface area contributed by atoms with Crippen LogP contribution < -0.4 is 15.4 Å². The number of carbonyl (C=O) groups is 3. The number of hydrogen-bond donors (Lipinski definition) is 2. The van der Waals surface area contributed by atoms with Gasteiger partial charge in [-0.2, -0.15) is 0 Å². The molecule has 2 fully saturated rings. The van der Waals surface area contributed by atoms with Crippen molar-refractivity contribution in [2.45, 2.75) is 37.8 Å². The predicted molar refractivity (Wildman–Crippen MR) is 116 cm³/mol. The normalized spacial score (nSPS) is 20.6. The number of piperidine rings is 2. The summed E-state index contributed by atoms with van der Waals surface area (Å²) in [7, 11) is 0. The lowest BCUT2D eigenvalue weighted by Crippen LogP contribution is -2.52. The smallest absolute Gasteiger partial charge is 0.270 e. The van der Waals surface area contributed by atoms with Crippen LogP contribution in [-0.4, -0.2) is 59.4 Å². The number of ether oxygens (including phenoxy) is 1. The zero-order chi connectivity index (χ0) is 22.2. The van der Waals surface area contributed by atoms with E-state index in [0.717, 1.165) is 38.0 Å². The van der Waals surface area contributed by atoms with Crippen LogP contribution in [-0.2, 0) is 9.59 Å². The van der Waals surface area contributed by atoms with Gasteiger partial charge in [0.1, 0.15) is 17.8 Å². The van der Waals surface area contributed by atoms with Crippen molar-refractivity contribution < 1.29 is 19.1 Å². The second kappa shape index (κ2) is 10.7. The molecule has 0 spiro atoms. The van der Waals surface area contributed by atoms with E-state index < -0.39 is 17.9 Å². The van der Waals surface area contributed by atoms with Crippen LogP contribution in [0, 0.1) is 0 Å². The summed E-state index contributed by atoms with van der Waals surface area (Å²) in [6.45, 7) is 10.2. The number of nitrogens with zero attached hydrogens (tertiary/aromatic N) is 2. The number of carbonyl (C=O) groups excluding carboxylic acids is 3. The minimum absolute atomic E-state index is 0.0211. The zero-order valence-electron chi connectivity index (χ0n) is 17.5. The maximum Gasteiger partial charge on any atom is 0.270 e. The topological polar surface area (TPSA) is 101 Å². The Morgan fingerprint density at radius 2 is 2.03 bits per heavy atom. The van der Waals surface area contributed by atoms with Crippen molar-refractivity contribution in [3.8, 4) is 5.88 Å². The van der Waals surface area contributed by atoms with Crippen LogP contribution in [0.3, 0.4) is 0 Å². The zero-order valence-corrected chi connectivity index (χ0v) is 17.5. The van der Waals surface area contributed by atoms with Gasteiger partial charge in [-0.1, -0.05) is 37.5 Å². The first-order valence-electron chi connectivity index (χ1n) is 10.4. The van der Waals surface area contributed by atoms with Gasteiger partial charge in [-0.25, -0.2) is 4.98 Å². The Labute approximate surface area is 182 Å². The number of imide groups is 1. The van der Waals surface area contributed by atoms with Gasteiger partial charge < -0.3 is 10.1 Å². The maximum absolute atomic E-state index is 12.5. The number of hydrogen-bond acceptors (Lipinski definition) is 6. The molecule has 2 N–H and O–H groups in total. The fraction of sp³-hybridized carbons (Fsp3) is 0.391. The van der Waals surface area contributed by atoms with Crippen molar-refractivity contribution in [3.63, 3.8) is 0 Å². The molecule has 1 atom stereocenters. The van der Waals surface area contributed by atoms with E-state index in [1.165, 1.54) is 0 Å². The summed E-state index contributed by atoms with van der Waals surface area (Å²) < 4.78 is 6.01. The lowest BCUT2D eigenvalue weighted by Gasteiger charge is -2.32. The largest absolute Gasteiger partial charge is 0.474 e. The first kappa shape index (κ1) is 22.4. The van der Waals surface area contributed by atoms with Gasteiger partial charge in [0.05, 0.1) is 0 Å². The van der Waals surface area contributed by atoms with E-state index in [-0.39, 0.29) is 30.5 Å². The lowest BCUT2D eigenvalue weighted by atomic mass is 10.1. The lowest BCUT2D eigenvalue weighted by molar-refractivity contribution is -0.134. The van der Waals surface area contributed by atoms with E-state index in [1.807, 2.05) is 12.2 Å². The molecule has 8 heteroatoms. The van der Waals surface area contributed by atoms with E-state index in [2.05, 4.69) is 33.7 Å². The first-order valence-corrected chi connectivity index (χ1v) is 10.4. The summed E-state index contributed by atoms with van der Waals surface area (Å²) >= 11 is 0. The van der Waals surface area contributed by atoms with E-state index in [9.17, 15) is 14.4 Å². The Bertz CT molecular complexity index is 887. The van der Waals surface area contributed by atoms with Crippen molar-refractivity contribution >= 4 is 17.7 Å². The van der Waals surface area contributed by atoms with E-state index in [4.69, 9.17) is 4.74 Å². The molecular formula is C23H28N4O4. The molecule has 31 heavy (non-hydrogen) atoms. The number of nitrogens with one attached hydrogen (secondary N) is 2. The average Bonchev–Trinajstić information content (AvgIpc) is 2.77. The number of pyridine rings is 1. The Kier molecular flexibility index (Phi) is 7.72. The van der Waals surface area contributed by atoms with Crippen LogP contribution in [0.15, 0.2) is 55.2 Å². The second-order valence-corrected chi connectivity index (χ2v) is 7.61. The summed E-state index contributed by atoms with van der Waals surface area (Å²) in [5, 5.41) is 4.85. The number of likely N-dealkylation sites (tertiary alicyclic amines) is 1. The van der Waals surface area contributed by atoms with Crippen LogP contribution in [0.1, 0.15) is 36.2 Å². The molecule has 1 aromatic rings. The third-order valence-electron chi connectivity index (χ3n) is 5.32. The first-order chi connectivity index (χ1) is 15.0. The second-order valence-electron chi connectivity index (χ2n) is 7.61. The number of allylic oxidation sites excluding steroid dienone is 2. The van der Waals surface area contributed by atoms with Gasteiger partial charge in [0.15, 0.2) is 0 Å². The molecule has 0 radical (unpaired) electrons. The summed E-state index contributed by atoms with van der Waals surface area (Å²) in [6, 6.07) is 4.25. The van der Waals surface area contributed by atoms with Crippen molar-refractivity contribution in [1.82, 2.24) is 20.5 Å². The van der Waals surface area contributed by atoms with Gasteiger partial charge in [-0.3, -0.25) is 24.6 Å². The van der Waals surface area contributed by atoms with Gasteiger partial charge in [0.25, 0.3) is 5.91 Å². The minimum atomic E-state index is -0.739. The Morgan fingerprint density at radius 3 is 2.71 bits per heavy atom. The monoisotopic (exact) mass is 424 g/mol. The van der Waals surface area contributed by atoms with Crippen LogP contribution in [0.5, 0.6) is 5.88 Å². The molecule has 164 valence electrons. The Hall–Kier alpha value is -3.26. The van der Waals surface area contributed by atoms with Crippen molar-refractivity contribution in [2.24, 2.45) is 0 Å². The molecule has 0 bridgehead atoms. The van der Waals surface area contributed by atoms with Crippen molar-refractivity contribution in [3.05, 3.63) is 60.9 Å². The molecule has 3 amide bonds. The van der Waals surface area contributed by atoms with Crippen LogP contribution in [0.4, 0.5) is 0 Å². The van der Waals surface area contributed by atoms with E-state index >= 15 is 0 Å². The molecule has 1 aromatic heterocycles. The highest BCUT2D eigenvalue weighted by Gasteiger charge is 2.28. The third kappa shape index (κ3) is 6.36. The highest BCUT2D eigenvalue weighted by Crippen LogP contribution is 2.19. The molecule has 0 saturated carbocycles. The molecule has 0 aromatic carbocycles. The molecule has 3 rings (SSSR count). The van der Waals surface area contributed by atoms with Crippen LogP contribution in [0.25, 0.3) is 0 Å². The van der Waals surface area contributed by atoms with Gasteiger partial charge in [-0.05, 0) is 30.9 Å². The van der Waals surface area contributed by atoms with Gasteiger partial charge in [0.2, 0.25) is 17.7 Å². The summed E-state index contributed by atoms with van der Waals surface area (Å²) in [6.07, 6.45) is 7.78. The SMILES string of the molecule is C=C/C=C(\C=C)CN1CCC(Oc2cccc(C(=O)NC3CCC(=O)NC3=O)n2)CC1. The molecular weight excluding hydrogens is 396 g/mol. The summed E-state index contributed by atoms with van der Waals surface area (Å²) in [5.41, 5.74) is 1.30. The molecule has 3 heterocycles. The molecule has 0 aliphatic carbocycles. The van der Waals surface area contributed by atoms with E-state index in [0.29, 0.717) is 5.88 Å². The fourth-order valence-corrected chi connectivity index (χ4v) is 3.62. The fourth-order valence-electron chi connectivity index (χ4n) is 3.62. The van der Waals surface area contributed by atoms with Gasteiger partial charge in [0, 0.05) is 32.1 Å². The predicted octanol–water partition coefficient (Wildman–Crippen LogP) is 1.76. The number of amides is 3. The van der Waals surface area contributed by atoms with Gasteiger partial charge in [-0.15, -0.1) is 0 Å². The van der Waals surface area contributed by atoms with Crippen molar-refractivity contribution in [2.75, 3.05) is 19.6 Å². The Morgan fingerprint density at radius 1 is 1.26 bits per heavy atom. The number of rotatable bonds is 8. The van der Waals surface area contributed by atoms with Crippen LogP contribution in [0.2, 0.25) is 0 Å². The van der Waals surface area contributed by atoms with Crippen LogP contribution >= 0.6 is 0 Å². The van der Waals surface area contributed by atoms with Gasteiger partial charge >= 0.3 is 0 Å². The molecule has 2 saturated heterocycles. The maximum atomic E-state index is 12.5. The minimum Gasteiger partial charge on any atom is -0.474 e.